The molecule has 2 aromatic rings. The normalized spacial score (nSPS) is 18.2. The summed E-state index contributed by atoms with van der Waals surface area (Å²) >= 11 is 3.35. The monoisotopic (exact) mass is 512 g/mol. The van der Waals surface area contributed by atoms with Crippen LogP contribution in [-0.4, -0.2) is 45.5 Å². The summed E-state index contributed by atoms with van der Waals surface area (Å²) in [7, 11) is 0. The predicted molar refractivity (Wildman–Crippen MR) is 121 cm³/mol. The fourth-order valence-electron chi connectivity index (χ4n) is 3.98. The second-order valence-electron chi connectivity index (χ2n) is 7.92. The number of benzene rings is 2. The summed E-state index contributed by atoms with van der Waals surface area (Å²) in [5.41, 5.74) is 2.83. The van der Waals surface area contributed by atoms with Crippen molar-refractivity contribution in [3.05, 3.63) is 69.2 Å². The standard InChI is InChI=1S/C23H21BrN4O5/c24-16-4-1-13(2-5-16)10-18(27-33)21(30)25-11-14-3-6-17-15(9-14)12-28(23(17)32)19-7-8-20(29)26-22(19)31/h1-6,9,19,33H,7-8,10-12H2,(H,25,30)(H,26,29,31)/b27-18+. The molecule has 4 amide bonds. The van der Waals surface area contributed by atoms with Gasteiger partial charge < -0.3 is 15.4 Å². The third-order valence-corrected chi connectivity index (χ3v) is 6.24. The van der Waals surface area contributed by atoms with Crippen molar-refractivity contribution in [2.45, 2.75) is 38.4 Å². The molecule has 33 heavy (non-hydrogen) atoms. The number of oxime groups is 1. The average molecular weight is 513 g/mol. The number of amides is 4. The highest BCUT2D eigenvalue weighted by atomic mass is 79.9. The molecule has 10 heteroatoms. The molecule has 170 valence electrons. The molecule has 1 saturated heterocycles. The number of carbonyl (C=O) groups is 4. The molecular formula is C23H21BrN4O5. The first-order valence-electron chi connectivity index (χ1n) is 10.4. The van der Waals surface area contributed by atoms with E-state index < -0.39 is 17.9 Å². The minimum atomic E-state index is -0.673. The van der Waals surface area contributed by atoms with Gasteiger partial charge in [0.2, 0.25) is 11.8 Å². The van der Waals surface area contributed by atoms with Crippen LogP contribution in [0.1, 0.15) is 39.9 Å². The van der Waals surface area contributed by atoms with Gasteiger partial charge in [0.05, 0.1) is 0 Å². The molecule has 0 saturated carbocycles. The number of hydrogen-bond acceptors (Lipinski definition) is 6. The van der Waals surface area contributed by atoms with Crippen molar-refractivity contribution in [1.82, 2.24) is 15.5 Å². The summed E-state index contributed by atoms with van der Waals surface area (Å²) in [5, 5.41) is 17.4. The third-order valence-electron chi connectivity index (χ3n) is 5.71. The van der Waals surface area contributed by atoms with Crippen molar-refractivity contribution in [3.63, 3.8) is 0 Å². The van der Waals surface area contributed by atoms with Gasteiger partial charge in [0, 0.05) is 36.0 Å². The van der Waals surface area contributed by atoms with Gasteiger partial charge in [0.25, 0.3) is 11.8 Å². The maximum absolute atomic E-state index is 12.8. The summed E-state index contributed by atoms with van der Waals surface area (Å²) in [6.45, 7) is 0.438. The van der Waals surface area contributed by atoms with Crippen LogP contribution in [0.5, 0.6) is 0 Å². The Bertz CT molecular complexity index is 1160. The van der Waals surface area contributed by atoms with Crippen LogP contribution in [0.25, 0.3) is 0 Å². The number of carbonyl (C=O) groups excluding carboxylic acids is 4. The van der Waals surface area contributed by atoms with Gasteiger partial charge in [0.1, 0.15) is 11.8 Å². The Morgan fingerprint density at radius 3 is 2.58 bits per heavy atom. The molecule has 2 aromatic carbocycles. The van der Waals surface area contributed by atoms with Gasteiger partial charge in [-0.25, -0.2) is 0 Å². The van der Waals surface area contributed by atoms with Crippen molar-refractivity contribution in [2.24, 2.45) is 5.16 Å². The molecule has 9 nitrogen and oxygen atoms in total. The van der Waals surface area contributed by atoms with E-state index in [2.05, 4.69) is 31.7 Å². The zero-order valence-electron chi connectivity index (χ0n) is 17.5. The highest BCUT2D eigenvalue weighted by molar-refractivity contribution is 9.10. The van der Waals surface area contributed by atoms with Crippen LogP contribution in [0.15, 0.2) is 52.1 Å². The van der Waals surface area contributed by atoms with Crippen LogP contribution in [0.4, 0.5) is 0 Å². The molecule has 4 rings (SSSR count). The zero-order valence-corrected chi connectivity index (χ0v) is 19.1. The van der Waals surface area contributed by atoms with Gasteiger partial charge in [-0.15, -0.1) is 0 Å². The van der Waals surface area contributed by atoms with Gasteiger partial charge in [-0.3, -0.25) is 24.5 Å². The lowest BCUT2D eigenvalue weighted by atomic mass is 10.0. The number of hydrogen-bond donors (Lipinski definition) is 3. The first-order chi connectivity index (χ1) is 15.9. The highest BCUT2D eigenvalue weighted by Gasteiger charge is 2.39. The van der Waals surface area contributed by atoms with E-state index >= 15 is 0 Å². The third kappa shape index (κ3) is 4.95. The molecule has 1 atom stereocenters. The quantitative estimate of drug-likeness (QED) is 0.235. The van der Waals surface area contributed by atoms with Crippen molar-refractivity contribution in [2.75, 3.05) is 0 Å². The lowest BCUT2D eigenvalue weighted by molar-refractivity contribution is -0.137. The molecular weight excluding hydrogens is 492 g/mol. The maximum atomic E-state index is 12.8. The highest BCUT2D eigenvalue weighted by Crippen LogP contribution is 2.28. The molecule has 2 aliphatic rings. The molecule has 0 aromatic heterocycles. The van der Waals surface area contributed by atoms with Crippen molar-refractivity contribution in [3.8, 4) is 0 Å². The van der Waals surface area contributed by atoms with Gasteiger partial charge in [-0.1, -0.05) is 45.4 Å². The molecule has 0 spiro atoms. The van der Waals surface area contributed by atoms with Crippen molar-refractivity contribution >= 4 is 45.3 Å². The molecule has 0 radical (unpaired) electrons. The number of piperidine rings is 1. The van der Waals surface area contributed by atoms with E-state index in [1.54, 1.807) is 12.1 Å². The molecule has 2 aliphatic heterocycles. The second kappa shape index (κ2) is 9.53. The van der Waals surface area contributed by atoms with Gasteiger partial charge in [0.15, 0.2) is 0 Å². The lowest BCUT2D eigenvalue weighted by Gasteiger charge is -2.29. The number of nitrogens with zero attached hydrogens (tertiary/aromatic N) is 2. The molecule has 1 unspecified atom stereocenters. The number of nitrogens with one attached hydrogen (secondary N) is 2. The van der Waals surface area contributed by atoms with E-state index in [1.165, 1.54) is 4.90 Å². The van der Waals surface area contributed by atoms with Gasteiger partial charge in [-0.2, -0.15) is 0 Å². The Balaban J connectivity index is 1.38. The minimum absolute atomic E-state index is 0.0160. The van der Waals surface area contributed by atoms with E-state index in [9.17, 15) is 24.4 Å². The van der Waals surface area contributed by atoms with E-state index in [-0.39, 0.29) is 43.5 Å². The molecule has 1 fully saturated rings. The van der Waals surface area contributed by atoms with Gasteiger partial charge >= 0.3 is 0 Å². The average Bonchev–Trinajstić information content (AvgIpc) is 3.12. The number of fused-ring (bicyclic) bond motifs is 1. The summed E-state index contributed by atoms with van der Waals surface area (Å²) in [6.07, 6.45) is 0.674. The molecule has 3 N–H and O–H groups in total. The summed E-state index contributed by atoms with van der Waals surface area (Å²) in [5.74, 6) is -1.53. The van der Waals surface area contributed by atoms with E-state index in [0.29, 0.717) is 12.0 Å². The number of imide groups is 1. The Morgan fingerprint density at radius 1 is 1.15 bits per heavy atom. The number of rotatable bonds is 6. The van der Waals surface area contributed by atoms with E-state index in [0.717, 1.165) is 21.2 Å². The molecule has 0 bridgehead atoms. The molecule has 2 heterocycles. The predicted octanol–water partition coefficient (Wildman–Crippen LogP) is 1.90. The minimum Gasteiger partial charge on any atom is -0.410 e. The maximum Gasteiger partial charge on any atom is 0.269 e. The molecule has 0 aliphatic carbocycles. The zero-order chi connectivity index (χ0) is 23.5. The largest absolute Gasteiger partial charge is 0.410 e. The summed E-state index contributed by atoms with van der Waals surface area (Å²) in [6, 6.07) is 11.9. The fourth-order valence-corrected chi connectivity index (χ4v) is 4.24. The van der Waals surface area contributed by atoms with Crippen LogP contribution in [0.2, 0.25) is 0 Å². The summed E-state index contributed by atoms with van der Waals surface area (Å²) in [4.78, 5) is 50.3. The van der Waals surface area contributed by atoms with Crippen molar-refractivity contribution < 1.29 is 24.4 Å². The van der Waals surface area contributed by atoms with Crippen LogP contribution >= 0.6 is 15.9 Å². The smallest absolute Gasteiger partial charge is 0.269 e. The Morgan fingerprint density at radius 2 is 1.88 bits per heavy atom. The van der Waals surface area contributed by atoms with Crippen LogP contribution in [0, 0.1) is 0 Å². The summed E-state index contributed by atoms with van der Waals surface area (Å²) < 4.78 is 0.907. The van der Waals surface area contributed by atoms with E-state index in [1.807, 2.05) is 30.3 Å². The topological polar surface area (TPSA) is 128 Å². The number of halogens is 1. The van der Waals surface area contributed by atoms with E-state index in [4.69, 9.17) is 0 Å². The Kier molecular flexibility index (Phi) is 6.55. The first kappa shape index (κ1) is 22.7. The SMILES string of the molecule is O=C1CCC(N2Cc3cc(CNC(=O)/C(Cc4ccc(Br)cc4)=N/O)ccc3C2=O)C(=O)N1. The Hall–Kier alpha value is -3.53. The van der Waals surface area contributed by atoms with Crippen LogP contribution in [-0.2, 0) is 33.9 Å². The van der Waals surface area contributed by atoms with Crippen LogP contribution in [0.3, 0.4) is 0 Å². The lowest BCUT2D eigenvalue weighted by Crippen LogP contribution is -2.52. The Labute approximate surface area is 198 Å². The first-order valence-corrected chi connectivity index (χ1v) is 11.1. The van der Waals surface area contributed by atoms with Crippen molar-refractivity contribution in [1.29, 1.82) is 0 Å². The van der Waals surface area contributed by atoms with Gasteiger partial charge in [-0.05, 0) is 41.3 Å². The second-order valence-corrected chi connectivity index (χ2v) is 8.84. The van der Waals surface area contributed by atoms with Crippen LogP contribution < -0.4 is 10.6 Å². The fraction of sp³-hybridized carbons (Fsp3) is 0.261.